The molecule has 1 atom stereocenters. The van der Waals surface area contributed by atoms with Gasteiger partial charge in [-0.15, -0.1) is 0 Å². The van der Waals surface area contributed by atoms with Gasteiger partial charge in [0.2, 0.25) is 10.0 Å². The first kappa shape index (κ1) is 14.3. The maximum atomic E-state index is 12.2. The van der Waals surface area contributed by atoms with Crippen LogP contribution in [0.3, 0.4) is 0 Å². The van der Waals surface area contributed by atoms with Crippen molar-refractivity contribution in [2.24, 2.45) is 0 Å². The smallest absolute Gasteiger partial charge is 0.246 e. The number of phenols is 1. The van der Waals surface area contributed by atoms with E-state index in [1.165, 1.54) is 23.5 Å². The van der Waals surface area contributed by atoms with Gasteiger partial charge in [-0.05, 0) is 25.3 Å². The maximum absolute atomic E-state index is 12.2. The van der Waals surface area contributed by atoms with Crippen LogP contribution >= 0.6 is 11.8 Å². The molecule has 1 rings (SSSR count). The first-order valence-electron chi connectivity index (χ1n) is 5.16. The molecule has 0 aliphatic carbocycles. The Morgan fingerprint density at radius 3 is 2.53 bits per heavy atom. The van der Waals surface area contributed by atoms with Crippen molar-refractivity contribution in [2.45, 2.75) is 17.9 Å². The summed E-state index contributed by atoms with van der Waals surface area (Å²) in [7, 11) is -2.09. The summed E-state index contributed by atoms with van der Waals surface area (Å²) in [6, 6.07) is 5.86. The molecule has 1 aromatic rings. The highest BCUT2D eigenvalue weighted by molar-refractivity contribution is 7.98. The van der Waals surface area contributed by atoms with Crippen molar-refractivity contribution in [3.05, 3.63) is 24.3 Å². The van der Waals surface area contributed by atoms with E-state index in [2.05, 4.69) is 0 Å². The molecule has 0 spiro atoms. The normalized spacial score (nSPS) is 13.9. The monoisotopic (exact) mass is 275 g/mol. The standard InChI is InChI=1S/C11H17NO3S2/c1-9(8-16-3)12(2)17(14,15)11-7-5-4-6-10(11)13/h4-7,9,13H,8H2,1-3H3. The third kappa shape index (κ3) is 3.14. The molecule has 0 saturated heterocycles. The largest absolute Gasteiger partial charge is 0.507 e. The zero-order valence-corrected chi connectivity index (χ0v) is 11.8. The van der Waals surface area contributed by atoms with Gasteiger partial charge in [-0.25, -0.2) is 8.42 Å². The molecule has 6 heteroatoms. The predicted octanol–water partition coefficient (Wildman–Crippen LogP) is 1.76. The minimum absolute atomic E-state index is 0.0459. The van der Waals surface area contributed by atoms with Crippen LogP contribution < -0.4 is 0 Å². The van der Waals surface area contributed by atoms with E-state index in [1.807, 2.05) is 13.2 Å². The van der Waals surface area contributed by atoms with Gasteiger partial charge in [0.15, 0.2) is 0 Å². The van der Waals surface area contributed by atoms with Crippen molar-refractivity contribution >= 4 is 21.8 Å². The van der Waals surface area contributed by atoms with E-state index in [9.17, 15) is 13.5 Å². The number of hydrogen-bond acceptors (Lipinski definition) is 4. The van der Waals surface area contributed by atoms with Gasteiger partial charge in [-0.2, -0.15) is 16.1 Å². The van der Waals surface area contributed by atoms with Crippen LogP contribution in [0.25, 0.3) is 0 Å². The second kappa shape index (κ2) is 5.75. The van der Waals surface area contributed by atoms with E-state index < -0.39 is 10.0 Å². The number of thioether (sulfide) groups is 1. The molecule has 1 aromatic carbocycles. The average molecular weight is 275 g/mol. The summed E-state index contributed by atoms with van der Waals surface area (Å²) in [6.45, 7) is 1.84. The molecule has 1 unspecified atom stereocenters. The number of phenolic OH excluding ortho intramolecular Hbond substituents is 1. The van der Waals surface area contributed by atoms with Gasteiger partial charge in [0.25, 0.3) is 0 Å². The van der Waals surface area contributed by atoms with Crippen LogP contribution in [0.5, 0.6) is 5.75 Å². The molecule has 0 saturated carbocycles. The Labute approximate surface area is 107 Å². The number of rotatable bonds is 5. The Morgan fingerprint density at radius 1 is 1.41 bits per heavy atom. The molecule has 0 fully saturated rings. The Balaban J connectivity index is 3.08. The van der Waals surface area contributed by atoms with Gasteiger partial charge in [-0.3, -0.25) is 0 Å². The zero-order chi connectivity index (χ0) is 13.1. The van der Waals surface area contributed by atoms with Crippen molar-refractivity contribution < 1.29 is 13.5 Å². The van der Waals surface area contributed by atoms with Gasteiger partial charge in [0.05, 0.1) is 0 Å². The molecule has 0 bridgehead atoms. The first-order valence-corrected chi connectivity index (χ1v) is 7.99. The lowest BCUT2D eigenvalue weighted by Gasteiger charge is -2.23. The van der Waals surface area contributed by atoms with E-state index in [4.69, 9.17) is 0 Å². The van der Waals surface area contributed by atoms with Gasteiger partial charge < -0.3 is 5.11 Å². The third-order valence-corrected chi connectivity index (χ3v) is 5.39. The van der Waals surface area contributed by atoms with E-state index >= 15 is 0 Å². The topological polar surface area (TPSA) is 57.6 Å². The summed E-state index contributed by atoms with van der Waals surface area (Å²) < 4.78 is 25.7. The predicted molar refractivity (Wildman–Crippen MR) is 70.9 cm³/mol. The minimum Gasteiger partial charge on any atom is -0.507 e. The van der Waals surface area contributed by atoms with Gasteiger partial charge in [0, 0.05) is 18.8 Å². The number of hydrogen-bond donors (Lipinski definition) is 1. The number of nitrogens with zero attached hydrogens (tertiary/aromatic N) is 1. The van der Waals surface area contributed by atoms with Crippen LogP contribution in [0, 0.1) is 0 Å². The van der Waals surface area contributed by atoms with Crippen molar-refractivity contribution in [1.29, 1.82) is 0 Å². The van der Waals surface area contributed by atoms with Crippen LogP contribution in [-0.4, -0.2) is 42.9 Å². The molecule has 0 aliphatic heterocycles. The zero-order valence-electron chi connectivity index (χ0n) is 10.1. The van der Waals surface area contributed by atoms with Gasteiger partial charge in [-0.1, -0.05) is 12.1 Å². The molecule has 96 valence electrons. The molecular weight excluding hydrogens is 258 g/mol. The summed E-state index contributed by atoms with van der Waals surface area (Å²) in [4.78, 5) is -0.0459. The summed E-state index contributed by atoms with van der Waals surface area (Å²) in [6.07, 6.45) is 1.93. The fraction of sp³-hybridized carbons (Fsp3) is 0.455. The number of aromatic hydroxyl groups is 1. The second-order valence-electron chi connectivity index (χ2n) is 3.79. The Kier molecular flexibility index (Phi) is 4.85. The summed E-state index contributed by atoms with van der Waals surface area (Å²) in [5, 5.41) is 9.60. The Morgan fingerprint density at radius 2 is 2.00 bits per heavy atom. The minimum atomic E-state index is -3.62. The molecule has 17 heavy (non-hydrogen) atoms. The lowest BCUT2D eigenvalue weighted by atomic mass is 10.3. The van der Waals surface area contributed by atoms with Crippen LogP contribution in [-0.2, 0) is 10.0 Å². The summed E-state index contributed by atoms with van der Waals surface area (Å²) in [5.41, 5.74) is 0. The number of benzene rings is 1. The number of sulfonamides is 1. The van der Waals surface area contributed by atoms with E-state index in [0.29, 0.717) is 5.75 Å². The highest BCUT2D eigenvalue weighted by Gasteiger charge is 2.27. The van der Waals surface area contributed by atoms with E-state index in [1.54, 1.807) is 23.9 Å². The molecule has 0 aromatic heterocycles. The van der Waals surface area contributed by atoms with Crippen molar-refractivity contribution in [3.63, 3.8) is 0 Å². The molecule has 0 radical (unpaired) electrons. The first-order chi connectivity index (χ1) is 7.91. The summed E-state index contributed by atoms with van der Waals surface area (Å²) in [5.74, 6) is 0.499. The number of para-hydroxylation sites is 1. The fourth-order valence-corrected chi connectivity index (χ4v) is 3.66. The fourth-order valence-electron chi connectivity index (χ4n) is 1.41. The highest BCUT2D eigenvalue weighted by Crippen LogP contribution is 2.25. The third-order valence-electron chi connectivity index (χ3n) is 2.55. The molecular formula is C11H17NO3S2. The van der Waals surface area contributed by atoms with Crippen molar-refractivity contribution in [3.8, 4) is 5.75 Å². The van der Waals surface area contributed by atoms with Gasteiger partial charge >= 0.3 is 0 Å². The lowest BCUT2D eigenvalue weighted by Crippen LogP contribution is -2.36. The summed E-state index contributed by atoms with van der Waals surface area (Å²) >= 11 is 1.58. The molecule has 0 heterocycles. The van der Waals surface area contributed by atoms with Crippen LogP contribution in [0.2, 0.25) is 0 Å². The second-order valence-corrected chi connectivity index (χ2v) is 6.67. The molecule has 0 aliphatic rings. The van der Waals surface area contributed by atoms with E-state index in [0.717, 1.165) is 0 Å². The van der Waals surface area contributed by atoms with Crippen LogP contribution in [0.15, 0.2) is 29.2 Å². The average Bonchev–Trinajstić information content (AvgIpc) is 2.28. The quantitative estimate of drug-likeness (QED) is 0.889. The van der Waals surface area contributed by atoms with Crippen molar-refractivity contribution in [1.82, 2.24) is 4.31 Å². The van der Waals surface area contributed by atoms with Crippen LogP contribution in [0.4, 0.5) is 0 Å². The van der Waals surface area contributed by atoms with Gasteiger partial charge in [0.1, 0.15) is 10.6 Å². The lowest BCUT2D eigenvalue weighted by molar-refractivity contribution is 0.407. The Hall–Kier alpha value is -0.720. The molecule has 4 nitrogen and oxygen atoms in total. The highest BCUT2D eigenvalue weighted by atomic mass is 32.2. The maximum Gasteiger partial charge on any atom is 0.246 e. The molecule has 0 amide bonds. The van der Waals surface area contributed by atoms with Crippen molar-refractivity contribution in [2.75, 3.05) is 19.1 Å². The molecule has 1 N–H and O–H groups in total. The SMILES string of the molecule is CSCC(C)N(C)S(=O)(=O)c1ccccc1O. The Bertz CT molecular complexity index is 473. The van der Waals surface area contributed by atoms with E-state index in [-0.39, 0.29) is 16.7 Å². The van der Waals surface area contributed by atoms with Crippen LogP contribution in [0.1, 0.15) is 6.92 Å².